The number of rotatable bonds is 2. The summed E-state index contributed by atoms with van der Waals surface area (Å²) in [6.07, 6.45) is 1.39. The Bertz CT molecular complexity index is 766. The second-order valence-corrected chi connectivity index (χ2v) is 6.63. The number of amides is 2. The van der Waals surface area contributed by atoms with Gasteiger partial charge in [-0.2, -0.15) is 4.99 Å². The second-order valence-electron chi connectivity index (χ2n) is 5.42. The third-order valence-electron chi connectivity index (χ3n) is 3.71. The number of carbonyl (C=O) groups is 1. The molecule has 2 heterocycles. The fourth-order valence-electron chi connectivity index (χ4n) is 2.50. The van der Waals surface area contributed by atoms with Crippen molar-refractivity contribution in [3.8, 4) is 11.4 Å². The van der Waals surface area contributed by atoms with Gasteiger partial charge in [-0.25, -0.2) is 9.18 Å². The Morgan fingerprint density at radius 2 is 2.13 bits per heavy atom. The summed E-state index contributed by atoms with van der Waals surface area (Å²) in [5.41, 5.74) is 0.895. The standard InChI is InChI=1S/C16H18FN3O2S/c1-11-9-20(13-3-5-14(22-2)6-4-13)16(23-11)18-15(21)19-8-7-12(17)10-19/h3-6,9,12H,7-8,10H2,1-2H3/t12-/m1/s1. The number of halogens is 1. The van der Waals surface area contributed by atoms with Gasteiger partial charge >= 0.3 is 6.03 Å². The number of aryl methyl sites for hydroxylation is 1. The van der Waals surface area contributed by atoms with E-state index in [2.05, 4.69) is 4.99 Å². The highest BCUT2D eigenvalue weighted by Gasteiger charge is 2.25. The van der Waals surface area contributed by atoms with Gasteiger partial charge in [0.15, 0.2) is 4.80 Å². The van der Waals surface area contributed by atoms with E-state index in [9.17, 15) is 9.18 Å². The largest absolute Gasteiger partial charge is 0.497 e. The fraction of sp³-hybridized carbons (Fsp3) is 0.375. The normalized spacial score (nSPS) is 18.5. The van der Waals surface area contributed by atoms with Crippen LogP contribution in [-0.4, -0.2) is 41.9 Å². The molecule has 0 bridgehead atoms. The molecule has 5 nitrogen and oxygen atoms in total. The van der Waals surface area contributed by atoms with E-state index in [-0.39, 0.29) is 12.6 Å². The third-order valence-corrected chi connectivity index (χ3v) is 4.61. The number of benzene rings is 1. The van der Waals surface area contributed by atoms with Crippen LogP contribution in [0.5, 0.6) is 5.75 Å². The van der Waals surface area contributed by atoms with E-state index >= 15 is 0 Å². The van der Waals surface area contributed by atoms with Crippen LogP contribution in [0.4, 0.5) is 9.18 Å². The van der Waals surface area contributed by atoms with Crippen LogP contribution in [0.25, 0.3) is 5.69 Å². The number of aromatic nitrogens is 1. The zero-order valence-corrected chi connectivity index (χ0v) is 13.8. The minimum atomic E-state index is -0.937. The SMILES string of the molecule is COc1ccc(-n2cc(C)sc2=NC(=O)N2CC[C@@H](F)C2)cc1. The van der Waals surface area contributed by atoms with Crippen molar-refractivity contribution >= 4 is 17.4 Å². The molecule has 0 N–H and O–H groups in total. The molecule has 1 aliphatic heterocycles. The maximum atomic E-state index is 13.2. The first-order valence-electron chi connectivity index (χ1n) is 7.38. The van der Waals surface area contributed by atoms with Crippen LogP contribution >= 0.6 is 11.3 Å². The van der Waals surface area contributed by atoms with Crippen molar-refractivity contribution in [3.63, 3.8) is 0 Å². The molecule has 0 radical (unpaired) electrons. The zero-order valence-electron chi connectivity index (χ0n) is 13.0. The molecule has 0 aliphatic carbocycles. The molecule has 1 atom stereocenters. The number of hydrogen-bond acceptors (Lipinski definition) is 3. The van der Waals surface area contributed by atoms with Crippen molar-refractivity contribution in [3.05, 3.63) is 40.1 Å². The van der Waals surface area contributed by atoms with Crippen LogP contribution in [0.15, 0.2) is 35.5 Å². The number of carbonyl (C=O) groups excluding carboxylic acids is 1. The van der Waals surface area contributed by atoms with Crippen LogP contribution in [0.2, 0.25) is 0 Å². The highest BCUT2D eigenvalue weighted by molar-refractivity contribution is 7.09. The number of hydrogen-bond donors (Lipinski definition) is 0. The lowest BCUT2D eigenvalue weighted by molar-refractivity contribution is 0.213. The summed E-state index contributed by atoms with van der Waals surface area (Å²) in [4.78, 5) is 19.5. The maximum Gasteiger partial charge on any atom is 0.346 e. The Balaban J connectivity index is 1.93. The smallest absolute Gasteiger partial charge is 0.346 e. The molecule has 1 aliphatic rings. The summed E-state index contributed by atoms with van der Waals surface area (Å²) in [5, 5.41) is 0. The van der Waals surface area contributed by atoms with E-state index in [1.165, 1.54) is 16.2 Å². The molecule has 0 saturated carbocycles. The van der Waals surface area contributed by atoms with Crippen molar-refractivity contribution in [2.24, 2.45) is 4.99 Å². The van der Waals surface area contributed by atoms with Gasteiger partial charge in [0.1, 0.15) is 11.9 Å². The van der Waals surface area contributed by atoms with Gasteiger partial charge < -0.3 is 9.64 Å². The zero-order chi connectivity index (χ0) is 16.4. The summed E-state index contributed by atoms with van der Waals surface area (Å²) in [7, 11) is 1.62. The second kappa shape index (κ2) is 6.54. The van der Waals surface area contributed by atoms with Gasteiger partial charge in [0, 0.05) is 23.3 Å². The van der Waals surface area contributed by atoms with Gasteiger partial charge in [0.05, 0.1) is 13.7 Å². The Kier molecular flexibility index (Phi) is 4.47. The van der Waals surface area contributed by atoms with Gasteiger partial charge in [0.2, 0.25) is 0 Å². The molecule has 1 saturated heterocycles. The maximum absolute atomic E-state index is 13.2. The molecule has 0 unspecified atom stereocenters. The molecule has 122 valence electrons. The van der Waals surface area contributed by atoms with Gasteiger partial charge in [0.25, 0.3) is 0 Å². The third kappa shape index (κ3) is 3.44. The molecule has 1 aromatic carbocycles. The molecule has 3 rings (SSSR count). The number of ether oxygens (including phenoxy) is 1. The molecule has 1 aromatic heterocycles. The lowest BCUT2D eigenvalue weighted by atomic mass is 10.3. The molecular formula is C16H18FN3O2S. The Morgan fingerprint density at radius 3 is 2.74 bits per heavy atom. The molecule has 23 heavy (non-hydrogen) atoms. The summed E-state index contributed by atoms with van der Waals surface area (Å²) in [6.45, 7) is 2.52. The van der Waals surface area contributed by atoms with E-state index in [4.69, 9.17) is 4.74 Å². The minimum absolute atomic E-state index is 0.134. The van der Waals surface area contributed by atoms with E-state index < -0.39 is 6.17 Å². The van der Waals surface area contributed by atoms with Crippen molar-refractivity contribution < 1.29 is 13.9 Å². The van der Waals surface area contributed by atoms with E-state index in [0.717, 1.165) is 16.3 Å². The summed E-state index contributed by atoms with van der Waals surface area (Å²) >= 11 is 1.43. The number of methoxy groups -OCH3 is 1. The van der Waals surface area contributed by atoms with Crippen LogP contribution in [0, 0.1) is 6.92 Å². The first kappa shape index (κ1) is 15.7. The number of alkyl halides is 1. The molecule has 1 fully saturated rings. The van der Waals surface area contributed by atoms with Gasteiger partial charge in [-0.05, 0) is 37.6 Å². The number of nitrogens with zero attached hydrogens (tertiary/aromatic N) is 3. The average molecular weight is 335 g/mol. The summed E-state index contributed by atoms with van der Waals surface area (Å²) in [5.74, 6) is 0.766. The predicted molar refractivity (Wildman–Crippen MR) is 87.0 cm³/mol. The molecular weight excluding hydrogens is 317 g/mol. The highest BCUT2D eigenvalue weighted by atomic mass is 32.1. The molecule has 2 aromatic rings. The van der Waals surface area contributed by atoms with Crippen LogP contribution in [-0.2, 0) is 0 Å². The number of thiazole rings is 1. The Hall–Kier alpha value is -2.15. The lowest BCUT2D eigenvalue weighted by Crippen LogP contribution is -2.28. The fourth-order valence-corrected chi connectivity index (χ4v) is 3.33. The summed E-state index contributed by atoms with van der Waals surface area (Å²) < 4.78 is 20.3. The van der Waals surface area contributed by atoms with Crippen molar-refractivity contribution in [1.29, 1.82) is 0 Å². The quantitative estimate of drug-likeness (QED) is 0.847. The minimum Gasteiger partial charge on any atom is -0.497 e. The summed E-state index contributed by atoms with van der Waals surface area (Å²) in [6, 6.07) is 7.14. The molecule has 0 spiro atoms. The number of urea groups is 1. The number of likely N-dealkylation sites (tertiary alicyclic amines) is 1. The van der Waals surface area contributed by atoms with Crippen molar-refractivity contribution in [2.45, 2.75) is 19.5 Å². The van der Waals surface area contributed by atoms with E-state index in [0.29, 0.717) is 17.8 Å². The van der Waals surface area contributed by atoms with Crippen LogP contribution < -0.4 is 9.54 Å². The van der Waals surface area contributed by atoms with Crippen molar-refractivity contribution in [2.75, 3.05) is 20.2 Å². The van der Waals surface area contributed by atoms with E-state index in [1.807, 2.05) is 42.0 Å². The van der Waals surface area contributed by atoms with Gasteiger partial charge in [-0.3, -0.25) is 4.57 Å². The topological polar surface area (TPSA) is 46.8 Å². The Labute approximate surface area is 137 Å². The highest BCUT2D eigenvalue weighted by Crippen LogP contribution is 2.16. The first-order chi connectivity index (χ1) is 11.1. The molecule has 2 amide bonds. The van der Waals surface area contributed by atoms with E-state index in [1.54, 1.807) is 7.11 Å². The average Bonchev–Trinajstić information content (AvgIpc) is 3.13. The van der Waals surface area contributed by atoms with Crippen LogP contribution in [0.3, 0.4) is 0 Å². The van der Waals surface area contributed by atoms with Gasteiger partial charge in [-0.1, -0.05) is 0 Å². The monoisotopic (exact) mass is 335 g/mol. The van der Waals surface area contributed by atoms with Gasteiger partial charge in [-0.15, -0.1) is 11.3 Å². The predicted octanol–water partition coefficient (Wildman–Crippen LogP) is 2.92. The van der Waals surface area contributed by atoms with Crippen molar-refractivity contribution in [1.82, 2.24) is 9.47 Å². The Morgan fingerprint density at radius 1 is 1.39 bits per heavy atom. The molecule has 7 heteroatoms. The lowest BCUT2D eigenvalue weighted by Gasteiger charge is -2.11. The first-order valence-corrected chi connectivity index (χ1v) is 8.19. The van der Waals surface area contributed by atoms with Crippen LogP contribution in [0.1, 0.15) is 11.3 Å².